The average molecular weight is 390 g/mol. The largest absolute Gasteiger partial charge is 0.573 e. The Hall–Kier alpha value is -1.73. The van der Waals surface area contributed by atoms with Crippen molar-refractivity contribution in [2.24, 2.45) is 5.73 Å². The fourth-order valence-corrected chi connectivity index (χ4v) is 2.48. The van der Waals surface area contributed by atoms with E-state index in [2.05, 4.69) is 20.7 Å². The van der Waals surface area contributed by atoms with Crippen molar-refractivity contribution >= 4 is 15.9 Å². The second-order valence-electron chi connectivity index (χ2n) is 4.71. The van der Waals surface area contributed by atoms with Gasteiger partial charge in [-0.2, -0.15) is 0 Å². The normalized spacial score (nSPS) is 12.8. The molecule has 2 rings (SSSR count). The summed E-state index contributed by atoms with van der Waals surface area (Å²) in [7, 11) is 0. The highest BCUT2D eigenvalue weighted by Crippen LogP contribution is 2.32. The third-order valence-corrected chi connectivity index (χ3v) is 3.57. The molecule has 3 nitrogen and oxygen atoms in total. The Morgan fingerprint density at radius 1 is 1.13 bits per heavy atom. The Bertz CT molecular complexity index is 659. The van der Waals surface area contributed by atoms with Crippen molar-refractivity contribution in [2.75, 3.05) is 6.61 Å². The Labute approximate surface area is 140 Å². The molecular weight excluding hydrogens is 375 g/mol. The SMILES string of the molecule is CCOc1ccc(Br)cc1[C@@H](N)c1ccc(OC(F)(F)F)cc1. The summed E-state index contributed by atoms with van der Waals surface area (Å²) in [4.78, 5) is 0. The minimum atomic E-state index is -4.71. The summed E-state index contributed by atoms with van der Waals surface area (Å²) in [6.45, 7) is 2.35. The van der Waals surface area contributed by atoms with Crippen LogP contribution in [0.25, 0.3) is 0 Å². The molecule has 0 spiro atoms. The Morgan fingerprint density at radius 3 is 2.35 bits per heavy atom. The van der Waals surface area contributed by atoms with Crippen LogP contribution < -0.4 is 15.2 Å². The molecule has 0 radical (unpaired) electrons. The van der Waals surface area contributed by atoms with Crippen molar-refractivity contribution in [1.29, 1.82) is 0 Å². The number of rotatable bonds is 5. The van der Waals surface area contributed by atoms with Crippen molar-refractivity contribution in [2.45, 2.75) is 19.3 Å². The zero-order chi connectivity index (χ0) is 17.0. The number of ether oxygens (including phenoxy) is 2. The molecule has 1 atom stereocenters. The Morgan fingerprint density at radius 2 is 1.78 bits per heavy atom. The van der Waals surface area contributed by atoms with Crippen molar-refractivity contribution in [3.63, 3.8) is 0 Å². The highest BCUT2D eigenvalue weighted by atomic mass is 79.9. The van der Waals surface area contributed by atoms with Crippen LogP contribution >= 0.6 is 15.9 Å². The molecule has 0 fully saturated rings. The van der Waals surface area contributed by atoms with Crippen LogP contribution in [0.2, 0.25) is 0 Å². The number of benzene rings is 2. The minimum Gasteiger partial charge on any atom is -0.494 e. The number of hydrogen-bond donors (Lipinski definition) is 1. The molecule has 23 heavy (non-hydrogen) atoms. The average Bonchev–Trinajstić information content (AvgIpc) is 2.48. The van der Waals surface area contributed by atoms with Gasteiger partial charge in [0.25, 0.3) is 0 Å². The molecule has 2 aromatic carbocycles. The molecule has 0 aliphatic carbocycles. The van der Waals surface area contributed by atoms with Crippen LogP contribution in [0.15, 0.2) is 46.9 Å². The molecule has 0 unspecified atom stereocenters. The van der Waals surface area contributed by atoms with Crippen molar-refractivity contribution < 1.29 is 22.6 Å². The van der Waals surface area contributed by atoms with Gasteiger partial charge in [0.2, 0.25) is 0 Å². The third-order valence-electron chi connectivity index (χ3n) is 3.08. The van der Waals surface area contributed by atoms with E-state index in [1.54, 1.807) is 6.07 Å². The molecule has 0 amide bonds. The third kappa shape index (κ3) is 4.87. The summed E-state index contributed by atoms with van der Waals surface area (Å²) < 4.78 is 46.8. The molecule has 0 aliphatic heterocycles. The van der Waals surface area contributed by atoms with E-state index >= 15 is 0 Å². The highest BCUT2D eigenvalue weighted by molar-refractivity contribution is 9.10. The zero-order valence-corrected chi connectivity index (χ0v) is 13.8. The van der Waals surface area contributed by atoms with Crippen LogP contribution in [0.4, 0.5) is 13.2 Å². The summed E-state index contributed by atoms with van der Waals surface area (Å²) in [5.41, 5.74) is 7.62. The first-order valence-corrected chi connectivity index (χ1v) is 7.63. The molecular formula is C16H15BrF3NO2. The van der Waals surface area contributed by atoms with Gasteiger partial charge in [0.1, 0.15) is 11.5 Å². The van der Waals surface area contributed by atoms with Gasteiger partial charge in [0, 0.05) is 10.0 Å². The minimum absolute atomic E-state index is 0.285. The first kappa shape index (κ1) is 17.6. The second-order valence-corrected chi connectivity index (χ2v) is 5.63. The first-order valence-electron chi connectivity index (χ1n) is 6.83. The number of halogens is 4. The van der Waals surface area contributed by atoms with Crippen molar-refractivity contribution in [1.82, 2.24) is 0 Å². The van der Waals surface area contributed by atoms with E-state index in [1.165, 1.54) is 24.3 Å². The van der Waals surface area contributed by atoms with Gasteiger partial charge >= 0.3 is 6.36 Å². The van der Waals surface area contributed by atoms with Crippen LogP contribution in [-0.4, -0.2) is 13.0 Å². The van der Waals surface area contributed by atoms with Crippen LogP contribution in [0.1, 0.15) is 24.1 Å². The van der Waals surface area contributed by atoms with Crippen LogP contribution in [-0.2, 0) is 0 Å². The number of alkyl halides is 3. The zero-order valence-electron chi connectivity index (χ0n) is 12.2. The van der Waals surface area contributed by atoms with E-state index in [1.807, 2.05) is 19.1 Å². The summed E-state index contributed by atoms with van der Waals surface area (Å²) in [6.07, 6.45) is -4.71. The lowest BCUT2D eigenvalue weighted by molar-refractivity contribution is -0.274. The fourth-order valence-electron chi connectivity index (χ4n) is 2.11. The maximum atomic E-state index is 12.2. The van der Waals surface area contributed by atoms with Gasteiger partial charge in [-0.1, -0.05) is 28.1 Å². The van der Waals surface area contributed by atoms with Crippen molar-refractivity contribution in [3.05, 3.63) is 58.1 Å². The number of nitrogens with two attached hydrogens (primary N) is 1. The maximum absolute atomic E-state index is 12.2. The molecule has 2 aromatic rings. The van der Waals surface area contributed by atoms with Gasteiger partial charge in [-0.05, 0) is 42.8 Å². The summed E-state index contributed by atoms with van der Waals surface area (Å²) in [5, 5.41) is 0. The maximum Gasteiger partial charge on any atom is 0.573 e. The molecule has 0 bridgehead atoms. The van der Waals surface area contributed by atoms with Gasteiger partial charge in [-0.3, -0.25) is 0 Å². The van der Waals surface area contributed by atoms with E-state index in [0.717, 1.165) is 10.0 Å². The van der Waals surface area contributed by atoms with Gasteiger partial charge in [-0.25, -0.2) is 0 Å². The molecule has 124 valence electrons. The lowest BCUT2D eigenvalue weighted by atomic mass is 9.98. The molecule has 0 aliphatic rings. The van der Waals surface area contributed by atoms with Crippen LogP contribution in [0.5, 0.6) is 11.5 Å². The molecule has 7 heteroatoms. The molecule has 0 saturated heterocycles. The van der Waals surface area contributed by atoms with E-state index in [4.69, 9.17) is 10.5 Å². The van der Waals surface area contributed by atoms with E-state index in [-0.39, 0.29) is 5.75 Å². The topological polar surface area (TPSA) is 44.5 Å². The summed E-state index contributed by atoms with van der Waals surface area (Å²) in [5.74, 6) is 0.353. The van der Waals surface area contributed by atoms with Crippen molar-refractivity contribution in [3.8, 4) is 11.5 Å². The van der Waals surface area contributed by atoms with Gasteiger partial charge < -0.3 is 15.2 Å². The van der Waals surface area contributed by atoms with E-state index in [9.17, 15) is 13.2 Å². The standard InChI is InChI=1S/C16H15BrF3NO2/c1-2-22-14-8-5-11(17)9-13(14)15(21)10-3-6-12(7-4-10)23-16(18,19)20/h3-9,15H,2,21H2,1H3/t15-/m0/s1. The molecule has 0 aromatic heterocycles. The molecule has 0 heterocycles. The van der Waals surface area contributed by atoms with E-state index in [0.29, 0.717) is 17.9 Å². The predicted octanol–water partition coefficient (Wildman–Crippen LogP) is 4.79. The molecule has 2 N–H and O–H groups in total. The van der Waals surface area contributed by atoms with Gasteiger partial charge in [-0.15, -0.1) is 13.2 Å². The smallest absolute Gasteiger partial charge is 0.494 e. The summed E-state index contributed by atoms with van der Waals surface area (Å²) in [6, 6.07) is 10.4. The second kappa shape index (κ2) is 7.23. The molecule has 0 saturated carbocycles. The quantitative estimate of drug-likeness (QED) is 0.798. The van der Waals surface area contributed by atoms with E-state index < -0.39 is 12.4 Å². The Kier molecular flexibility index (Phi) is 5.54. The van der Waals surface area contributed by atoms with Gasteiger partial charge in [0.05, 0.1) is 12.6 Å². The summed E-state index contributed by atoms with van der Waals surface area (Å²) >= 11 is 3.38. The van der Waals surface area contributed by atoms with Crippen LogP contribution in [0, 0.1) is 0 Å². The number of hydrogen-bond acceptors (Lipinski definition) is 3. The Balaban J connectivity index is 2.26. The first-order chi connectivity index (χ1) is 10.8. The van der Waals surface area contributed by atoms with Gasteiger partial charge in [0.15, 0.2) is 0 Å². The lowest BCUT2D eigenvalue weighted by Crippen LogP contribution is -2.17. The van der Waals surface area contributed by atoms with Crippen LogP contribution in [0.3, 0.4) is 0 Å². The fraction of sp³-hybridized carbons (Fsp3) is 0.250. The predicted molar refractivity (Wildman–Crippen MR) is 84.5 cm³/mol. The monoisotopic (exact) mass is 389 g/mol. The lowest BCUT2D eigenvalue weighted by Gasteiger charge is -2.18. The highest BCUT2D eigenvalue weighted by Gasteiger charge is 2.31.